The van der Waals surface area contributed by atoms with Crippen LogP contribution in [0.2, 0.25) is 0 Å². The van der Waals surface area contributed by atoms with Crippen molar-refractivity contribution in [2.24, 2.45) is 4.99 Å². The number of nitrogens with one attached hydrogen (secondary N) is 3. The fourth-order valence-corrected chi connectivity index (χ4v) is 2.84. The molecular formula is C20H32IN5O2. The van der Waals surface area contributed by atoms with Crippen LogP contribution in [-0.2, 0) is 16.1 Å². The van der Waals surface area contributed by atoms with Gasteiger partial charge in [0, 0.05) is 30.7 Å². The van der Waals surface area contributed by atoms with Crippen LogP contribution in [0.1, 0.15) is 46.1 Å². The molecule has 2 amide bonds. The molecule has 1 fully saturated rings. The van der Waals surface area contributed by atoms with Gasteiger partial charge in [0.1, 0.15) is 0 Å². The van der Waals surface area contributed by atoms with Crippen LogP contribution in [0.4, 0.5) is 5.69 Å². The van der Waals surface area contributed by atoms with Crippen molar-refractivity contribution in [3.63, 3.8) is 0 Å². The molecule has 1 aromatic carbocycles. The SMILES string of the molecule is CCNC(=NCc1ccc(N2CCCC2=O)cc1)NCC(=O)NC(C)(C)C.I. The normalized spacial score (nSPS) is 14.5. The highest BCUT2D eigenvalue weighted by atomic mass is 127. The molecule has 0 unspecified atom stereocenters. The number of carbonyl (C=O) groups excluding carboxylic acids is 2. The van der Waals surface area contributed by atoms with E-state index in [4.69, 9.17) is 0 Å². The van der Waals surface area contributed by atoms with Crippen LogP contribution in [0, 0.1) is 0 Å². The Balaban J connectivity index is 0.00000392. The molecule has 0 spiro atoms. The summed E-state index contributed by atoms with van der Waals surface area (Å²) < 4.78 is 0. The second-order valence-corrected chi connectivity index (χ2v) is 7.66. The summed E-state index contributed by atoms with van der Waals surface area (Å²) in [6, 6.07) is 7.90. The second-order valence-electron chi connectivity index (χ2n) is 7.66. The van der Waals surface area contributed by atoms with Gasteiger partial charge in [0.05, 0.1) is 13.1 Å². The number of benzene rings is 1. The van der Waals surface area contributed by atoms with E-state index in [9.17, 15) is 9.59 Å². The lowest BCUT2D eigenvalue weighted by atomic mass is 10.1. The predicted octanol–water partition coefficient (Wildman–Crippen LogP) is 2.40. The van der Waals surface area contributed by atoms with E-state index in [1.165, 1.54) is 0 Å². The third-order valence-corrected chi connectivity index (χ3v) is 4.02. The average molecular weight is 501 g/mol. The fourth-order valence-electron chi connectivity index (χ4n) is 2.84. The number of hydrogen-bond acceptors (Lipinski definition) is 3. The molecule has 0 radical (unpaired) electrons. The maximum absolute atomic E-state index is 11.9. The first-order chi connectivity index (χ1) is 12.8. The first kappa shape index (κ1) is 24.2. The highest BCUT2D eigenvalue weighted by Crippen LogP contribution is 2.21. The van der Waals surface area contributed by atoms with Crippen LogP contribution in [0.3, 0.4) is 0 Å². The summed E-state index contributed by atoms with van der Waals surface area (Å²) in [5.74, 6) is 0.709. The number of rotatable bonds is 6. The first-order valence-corrected chi connectivity index (χ1v) is 9.51. The summed E-state index contributed by atoms with van der Waals surface area (Å²) in [6.07, 6.45) is 1.55. The number of anilines is 1. The Bertz CT molecular complexity index is 683. The molecule has 7 nitrogen and oxygen atoms in total. The molecule has 0 bridgehead atoms. The van der Waals surface area contributed by atoms with Gasteiger partial charge in [0.25, 0.3) is 0 Å². The quantitative estimate of drug-likeness (QED) is 0.318. The maximum atomic E-state index is 11.9. The zero-order valence-corrected chi connectivity index (χ0v) is 19.5. The van der Waals surface area contributed by atoms with Gasteiger partial charge in [-0.2, -0.15) is 0 Å². The van der Waals surface area contributed by atoms with E-state index in [0.717, 1.165) is 24.2 Å². The maximum Gasteiger partial charge on any atom is 0.239 e. The summed E-state index contributed by atoms with van der Waals surface area (Å²) in [7, 11) is 0. The summed E-state index contributed by atoms with van der Waals surface area (Å²) in [5.41, 5.74) is 1.73. The van der Waals surface area contributed by atoms with Crippen LogP contribution in [-0.4, -0.2) is 42.9 Å². The summed E-state index contributed by atoms with van der Waals surface area (Å²) in [4.78, 5) is 30.1. The molecule has 1 heterocycles. The molecular weight excluding hydrogens is 469 g/mol. The van der Waals surface area contributed by atoms with Gasteiger partial charge in [-0.15, -0.1) is 24.0 Å². The Labute approximate surface area is 184 Å². The summed E-state index contributed by atoms with van der Waals surface area (Å²) in [6.45, 7) is 9.98. The Morgan fingerprint density at radius 2 is 1.86 bits per heavy atom. The van der Waals surface area contributed by atoms with Gasteiger partial charge in [0.2, 0.25) is 11.8 Å². The molecule has 3 N–H and O–H groups in total. The number of guanidine groups is 1. The van der Waals surface area contributed by atoms with Gasteiger partial charge in [-0.1, -0.05) is 12.1 Å². The second kappa shape index (κ2) is 11.2. The van der Waals surface area contributed by atoms with Crippen molar-refractivity contribution in [2.75, 3.05) is 24.5 Å². The zero-order valence-electron chi connectivity index (χ0n) is 17.2. The first-order valence-electron chi connectivity index (χ1n) is 9.51. The van der Waals surface area contributed by atoms with Crippen molar-refractivity contribution in [1.82, 2.24) is 16.0 Å². The minimum atomic E-state index is -0.257. The number of amides is 2. The van der Waals surface area contributed by atoms with E-state index in [2.05, 4.69) is 20.9 Å². The highest BCUT2D eigenvalue weighted by Gasteiger charge is 2.21. The zero-order chi connectivity index (χ0) is 19.9. The van der Waals surface area contributed by atoms with Crippen molar-refractivity contribution in [1.29, 1.82) is 0 Å². The van der Waals surface area contributed by atoms with Crippen LogP contribution in [0.15, 0.2) is 29.3 Å². The van der Waals surface area contributed by atoms with Crippen molar-refractivity contribution in [3.8, 4) is 0 Å². The lowest BCUT2D eigenvalue weighted by molar-refractivity contribution is -0.121. The lowest BCUT2D eigenvalue weighted by Gasteiger charge is -2.21. The Hall–Kier alpha value is -1.84. The molecule has 2 rings (SSSR count). The largest absolute Gasteiger partial charge is 0.357 e. The smallest absolute Gasteiger partial charge is 0.239 e. The standard InChI is InChI=1S/C20H31N5O2.HI/c1-5-21-19(23-14-17(26)24-20(2,3)4)22-13-15-8-10-16(11-9-15)25-12-6-7-18(25)27;/h8-11H,5-7,12-14H2,1-4H3,(H,24,26)(H2,21,22,23);1H. The number of nitrogens with zero attached hydrogens (tertiary/aromatic N) is 2. The van der Waals surface area contributed by atoms with Gasteiger partial charge in [0.15, 0.2) is 5.96 Å². The molecule has 0 saturated carbocycles. The molecule has 0 aromatic heterocycles. The Morgan fingerprint density at radius 3 is 2.39 bits per heavy atom. The Kier molecular flexibility index (Phi) is 9.71. The molecule has 156 valence electrons. The van der Waals surface area contributed by atoms with E-state index in [-0.39, 0.29) is 47.9 Å². The minimum absolute atomic E-state index is 0. The molecule has 1 aromatic rings. The number of halogens is 1. The molecule has 28 heavy (non-hydrogen) atoms. The third kappa shape index (κ3) is 8.04. The van der Waals surface area contributed by atoms with Gasteiger partial charge < -0.3 is 20.9 Å². The molecule has 1 aliphatic rings. The number of aliphatic imine (C=N–C) groups is 1. The molecule has 0 atom stereocenters. The van der Waals surface area contributed by atoms with Gasteiger partial charge >= 0.3 is 0 Å². The fraction of sp³-hybridized carbons (Fsp3) is 0.550. The molecule has 1 saturated heterocycles. The lowest BCUT2D eigenvalue weighted by Crippen LogP contribution is -2.48. The third-order valence-electron chi connectivity index (χ3n) is 4.02. The van der Waals surface area contributed by atoms with E-state index >= 15 is 0 Å². The number of carbonyl (C=O) groups is 2. The van der Waals surface area contributed by atoms with Crippen LogP contribution in [0.25, 0.3) is 0 Å². The average Bonchev–Trinajstić information content (AvgIpc) is 3.02. The van der Waals surface area contributed by atoms with E-state index in [1.807, 2.05) is 56.9 Å². The molecule has 1 aliphatic heterocycles. The summed E-state index contributed by atoms with van der Waals surface area (Å²) >= 11 is 0. The Morgan fingerprint density at radius 1 is 1.18 bits per heavy atom. The summed E-state index contributed by atoms with van der Waals surface area (Å²) in [5, 5.41) is 9.10. The van der Waals surface area contributed by atoms with Crippen LogP contribution < -0.4 is 20.9 Å². The topological polar surface area (TPSA) is 85.8 Å². The van der Waals surface area contributed by atoms with E-state index < -0.39 is 0 Å². The molecule has 8 heteroatoms. The number of hydrogen-bond donors (Lipinski definition) is 3. The van der Waals surface area contributed by atoms with Gasteiger partial charge in [-0.25, -0.2) is 4.99 Å². The monoisotopic (exact) mass is 501 g/mol. The predicted molar refractivity (Wildman–Crippen MR) is 124 cm³/mol. The van der Waals surface area contributed by atoms with Crippen molar-refractivity contribution >= 4 is 47.4 Å². The van der Waals surface area contributed by atoms with Gasteiger partial charge in [-0.3, -0.25) is 9.59 Å². The van der Waals surface area contributed by atoms with E-state index in [1.54, 1.807) is 0 Å². The van der Waals surface area contributed by atoms with Gasteiger partial charge in [-0.05, 0) is 51.8 Å². The molecule has 0 aliphatic carbocycles. The van der Waals surface area contributed by atoms with Crippen LogP contribution in [0.5, 0.6) is 0 Å². The van der Waals surface area contributed by atoms with Crippen molar-refractivity contribution < 1.29 is 9.59 Å². The van der Waals surface area contributed by atoms with E-state index in [0.29, 0.717) is 25.5 Å². The minimum Gasteiger partial charge on any atom is -0.357 e. The van der Waals surface area contributed by atoms with Crippen molar-refractivity contribution in [2.45, 2.75) is 52.6 Å². The highest BCUT2D eigenvalue weighted by molar-refractivity contribution is 14.0. The van der Waals surface area contributed by atoms with Crippen molar-refractivity contribution in [3.05, 3.63) is 29.8 Å². The van der Waals surface area contributed by atoms with Crippen LogP contribution >= 0.6 is 24.0 Å².